The van der Waals surface area contributed by atoms with Gasteiger partial charge in [-0.1, -0.05) is 13.0 Å². The number of carbonyl (C=O) groups excluding carboxylic acids is 5. The molecule has 288 valence electrons. The molecule has 0 aromatic heterocycles. The second-order valence-corrected chi connectivity index (χ2v) is 13.5. The fourth-order valence-electron chi connectivity index (χ4n) is 8.09. The van der Waals surface area contributed by atoms with Crippen molar-refractivity contribution in [1.82, 2.24) is 10.7 Å². The fourth-order valence-corrected chi connectivity index (χ4v) is 8.09. The number of fused-ring (bicyclic) bond motifs is 5. The van der Waals surface area contributed by atoms with E-state index in [1.165, 1.54) is 27.2 Å². The van der Waals surface area contributed by atoms with Crippen LogP contribution < -0.4 is 10.7 Å². The van der Waals surface area contributed by atoms with E-state index in [4.69, 9.17) is 23.7 Å². The Hall–Kier alpha value is -5.04. The zero-order chi connectivity index (χ0) is 39.6. The van der Waals surface area contributed by atoms with Crippen molar-refractivity contribution >= 4 is 34.8 Å². The minimum atomic E-state index is -3.23. The van der Waals surface area contributed by atoms with Crippen LogP contribution in [0.4, 0.5) is 0 Å². The molecule has 0 saturated carbocycles. The molecule has 2 aromatic carbocycles. The molecule has 6 N–H and O–H groups in total. The standard InChI is InChI=1S/C37H41N3O14/c1-8-9-38-40-26-30(50-4)15(3)54-34(31(26)51-5)39-19-13-20(41)23-17(27(19)43)12-18-24(28(23)44)33(47)37(53-7)21(42)11-16-10-14(2)22(35(48)52-6)29(45)25(16)36(37,49)32(18)46/h10,12-13,15,21,30-31,34,38-39,42,44-45,49H,8-9,11H2,1-7H3/t15-,21+,30-,31+,34-,36-,37+/m0/s1. The van der Waals surface area contributed by atoms with E-state index in [9.17, 15) is 44.4 Å². The van der Waals surface area contributed by atoms with Crippen LogP contribution in [0.5, 0.6) is 11.5 Å². The van der Waals surface area contributed by atoms with Crippen LogP contribution in [0.3, 0.4) is 0 Å². The smallest absolute Gasteiger partial charge is 0.341 e. The molecular formula is C37H41N3O14. The predicted octanol–water partition coefficient (Wildman–Crippen LogP) is 0.745. The minimum Gasteiger partial charge on any atom is -0.507 e. The van der Waals surface area contributed by atoms with Gasteiger partial charge in [0.1, 0.15) is 35.0 Å². The van der Waals surface area contributed by atoms with E-state index in [1.54, 1.807) is 6.92 Å². The lowest BCUT2D eigenvalue weighted by Crippen LogP contribution is -2.73. The van der Waals surface area contributed by atoms with Crippen molar-refractivity contribution in [3.05, 3.63) is 68.4 Å². The summed E-state index contributed by atoms with van der Waals surface area (Å²) in [5.41, 5.74) is -6.58. The Kier molecular flexibility index (Phi) is 10.0. The summed E-state index contributed by atoms with van der Waals surface area (Å²) in [6, 6.07) is 2.22. The van der Waals surface area contributed by atoms with Gasteiger partial charge in [0.25, 0.3) is 0 Å². The number of aliphatic hydroxyl groups is 2. The molecular weight excluding hydrogens is 710 g/mol. The number of carbonyl (C=O) groups is 5. The molecule has 7 atom stereocenters. The number of methoxy groups -OCH3 is 4. The number of benzene rings is 2. The lowest BCUT2D eigenvalue weighted by atomic mass is 9.56. The lowest BCUT2D eigenvalue weighted by Gasteiger charge is -2.52. The van der Waals surface area contributed by atoms with Crippen molar-refractivity contribution in [1.29, 1.82) is 0 Å². The molecule has 17 nitrogen and oxygen atoms in total. The number of ether oxygens (including phenoxy) is 5. The molecule has 2 aromatic rings. The second-order valence-electron chi connectivity index (χ2n) is 13.5. The number of aromatic hydroxyl groups is 2. The highest BCUT2D eigenvalue weighted by Crippen LogP contribution is 2.56. The van der Waals surface area contributed by atoms with Crippen LogP contribution in [-0.2, 0) is 35.7 Å². The number of hydrogen-bond donors (Lipinski definition) is 6. The Bertz CT molecular complexity index is 2060. The maximum Gasteiger partial charge on any atom is 0.341 e. The first-order valence-electron chi connectivity index (χ1n) is 17.1. The van der Waals surface area contributed by atoms with Crippen LogP contribution in [0.15, 0.2) is 29.0 Å². The summed E-state index contributed by atoms with van der Waals surface area (Å²) >= 11 is 0. The molecule has 3 aliphatic carbocycles. The van der Waals surface area contributed by atoms with Crippen LogP contribution >= 0.6 is 0 Å². The van der Waals surface area contributed by atoms with Gasteiger partial charge in [-0.05, 0) is 37.5 Å². The minimum absolute atomic E-state index is 0.00528. The number of nitrogens with zero attached hydrogens (tertiary/aromatic N) is 1. The number of ketones is 4. The number of phenolic OH excluding ortho intramolecular Hbond substituents is 2. The number of aryl methyl sites for hydroxylation is 1. The number of allylic oxidation sites excluding steroid dienone is 2. The number of aliphatic hydroxyl groups excluding tert-OH is 1. The van der Waals surface area contributed by atoms with Crippen molar-refractivity contribution in [2.45, 2.75) is 75.5 Å². The first-order chi connectivity index (χ1) is 25.6. The van der Waals surface area contributed by atoms with Gasteiger partial charge in [-0.15, -0.1) is 0 Å². The van der Waals surface area contributed by atoms with Crippen LogP contribution in [0, 0.1) is 6.92 Å². The quantitative estimate of drug-likeness (QED) is 0.118. The van der Waals surface area contributed by atoms with Crippen LogP contribution in [-0.4, -0.2) is 126 Å². The molecule has 6 rings (SSSR count). The molecule has 0 spiro atoms. The molecule has 1 heterocycles. The van der Waals surface area contributed by atoms with Gasteiger partial charge in [-0.25, -0.2) is 4.79 Å². The third-order valence-corrected chi connectivity index (χ3v) is 10.5. The van der Waals surface area contributed by atoms with Gasteiger partial charge in [-0.3, -0.25) is 19.2 Å². The third kappa shape index (κ3) is 5.21. The van der Waals surface area contributed by atoms with Crippen LogP contribution in [0.1, 0.15) is 88.7 Å². The Morgan fingerprint density at radius 1 is 1.00 bits per heavy atom. The topological polar surface area (TPSA) is 249 Å². The molecule has 17 heteroatoms. The Morgan fingerprint density at radius 2 is 1.69 bits per heavy atom. The summed E-state index contributed by atoms with van der Waals surface area (Å²) < 4.78 is 27.7. The summed E-state index contributed by atoms with van der Waals surface area (Å²) in [6.45, 7) is 5.67. The van der Waals surface area contributed by atoms with Gasteiger partial charge in [0, 0.05) is 57.1 Å². The first-order valence-corrected chi connectivity index (χ1v) is 17.1. The molecule has 4 aliphatic rings. The number of esters is 1. The normalized spacial score (nSPS) is 29.5. The van der Waals surface area contributed by atoms with E-state index < -0.39 is 122 Å². The third-order valence-electron chi connectivity index (χ3n) is 10.5. The van der Waals surface area contributed by atoms with E-state index in [1.807, 2.05) is 6.92 Å². The monoisotopic (exact) mass is 751 g/mol. The van der Waals surface area contributed by atoms with Crippen LogP contribution in [0.25, 0.3) is 0 Å². The van der Waals surface area contributed by atoms with E-state index in [-0.39, 0.29) is 16.8 Å². The maximum absolute atomic E-state index is 14.7. The van der Waals surface area contributed by atoms with Crippen molar-refractivity contribution in [2.75, 3.05) is 35.0 Å². The summed E-state index contributed by atoms with van der Waals surface area (Å²) in [7, 11) is 4.85. The van der Waals surface area contributed by atoms with E-state index >= 15 is 0 Å². The number of hydrogen-bond acceptors (Lipinski definition) is 17. The highest BCUT2D eigenvalue weighted by molar-refractivity contribution is 6.31. The van der Waals surface area contributed by atoms with Gasteiger partial charge in [0.05, 0.1) is 36.1 Å². The van der Waals surface area contributed by atoms with E-state index in [2.05, 4.69) is 15.8 Å². The van der Waals surface area contributed by atoms with Crippen molar-refractivity contribution in [2.24, 2.45) is 5.10 Å². The number of Topliss-reactive ketones (excluding diaryl/α,β-unsaturated/α-hetero) is 3. The number of phenols is 2. The van der Waals surface area contributed by atoms with Gasteiger partial charge >= 0.3 is 5.97 Å². The Labute approximate surface area is 308 Å². The summed E-state index contributed by atoms with van der Waals surface area (Å²) in [6.07, 6.45) is -4.02. The molecule has 0 amide bonds. The summed E-state index contributed by atoms with van der Waals surface area (Å²) in [4.78, 5) is 69.8. The van der Waals surface area contributed by atoms with Crippen molar-refractivity contribution in [3.8, 4) is 11.5 Å². The molecule has 1 fully saturated rings. The molecule has 0 bridgehead atoms. The van der Waals surface area contributed by atoms with Crippen molar-refractivity contribution in [3.63, 3.8) is 0 Å². The van der Waals surface area contributed by atoms with Gasteiger partial charge in [0.2, 0.25) is 17.3 Å². The largest absolute Gasteiger partial charge is 0.507 e. The SMILES string of the molecule is CCCNN=C1[C@@H](OC)[C@H](C)O[C@H](NC2=CC(=O)c3c(cc4c(c3O)C(=O)[C@]3(OC)[C@H](O)Cc5cc(C)c(C(=O)OC)c(O)c5[C@]3(O)C4=O)C2=O)[C@@H]1OC. The first kappa shape index (κ1) is 38.7. The van der Waals surface area contributed by atoms with E-state index in [0.29, 0.717) is 12.3 Å². The number of hydrazone groups is 1. The molecule has 54 heavy (non-hydrogen) atoms. The zero-order valence-electron chi connectivity index (χ0n) is 30.6. The molecule has 0 unspecified atom stereocenters. The van der Waals surface area contributed by atoms with Gasteiger partial charge in [-0.2, -0.15) is 5.10 Å². The number of rotatable bonds is 9. The highest BCUT2D eigenvalue weighted by Gasteiger charge is 2.72. The predicted molar refractivity (Wildman–Crippen MR) is 186 cm³/mol. The fraction of sp³-hybridized carbons (Fsp3) is 0.459. The molecule has 1 aliphatic heterocycles. The van der Waals surface area contributed by atoms with Crippen molar-refractivity contribution < 1.29 is 68.1 Å². The Morgan fingerprint density at radius 3 is 2.30 bits per heavy atom. The average Bonchev–Trinajstić information content (AvgIpc) is 3.12. The summed E-state index contributed by atoms with van der Waals surface area (Å²) in [5, 5.41) is 54.4. The highest BCUT2D eigenvalue weighted by atomic mass is 16.6. The zero-order valence-corrected chi connectivity index (χ0v) is 30.6. The maximum atomic E-state index is 14.7. The number of nitrogens with one attached hydrogen (secondary N) is 2. The summed E-state index contributed by atoms with van der Waals surface area (Å²) in [5.74, 6) is -7.54. The average molecular weight is 752 g/mol. The van der Waals surface area contributed by atoms with E-state index in [0.717, 1.165) is 32.8 Å². The Balaban J connectivity index is 1.48. The van der Waals surface area contributed by atoms with Crippen LogP contribution in [0.2, 0.25) is 0 Å². The molecule has 1 saturated heterocycles. The van der Waals surface area contributed by atoms with Gasteiger partial charge < -0.3 is 54.9 Å². The molecule has 0 radical (unpaired) electrons. The lowest BCUT2D eigenvalue weighted by molar-refractivity contribution is -0.181. The van der Waals surface area contributed by atoms with Gasteiger partial charge in [0.15, 0.2) is 23.2 Å². The second kappa shape index (κ2) is 14.0.